The minimum atomic E-state index is 0.875. The van der Waals surface area contributed by atoms with Crippen LogP contribution in [0.3, 0.4) is 0 Å². The van der Waals surface area contributed by atoms with Crippen molar-refractivity contribution in [3.05, 3.63) is 0 Å². The molecule has 0 amide bonds. The Balaban J connectivity index is 2.14. The molecule has 42 valence electrons. The summed E-state index contributed by atoms with van der Waals surface area (Å²) in [7, 11) is 0. The molecule has 1 fully saturated rings. The van der Waals surface area contributed by atoms with E-state index in [1.165, 1.54) is 6.42 Å². The van der Waals surface area contributed by atoms with Gasteiger partial charge in [-0.05, 0) is 5.92 Å². The van der Waals surface area contributed by atoms with Crippen molar-refractivity contribution in [3.63, 3.8) is 0 Å². The minimum Gasteiger partial charge on any atom is -0.258 e. The number of hydrogen-bond acceptors (Lipinski definition) is 2. The molecular formula is C5H12N2. The van der Waals surface area contributed by atoms with E-state index in [1.54, 1.807) is 0 Å². The predicted octanol–water partition coefficient (Wildman–Crippen LogP) is 0.120. The molecule has 0 bridgehead atoms. The van der Waals surface area contributed by atoms with E-state index in [9.17, 15) is 0 Å². The molecule has 1 heterocycles. The molecule has 0 radical (unpaired) electrons. The zero-order valence-electron chi connectivity index (χ0n) is 4.70. The van der Waals surface area contributed by atoms with Crippen LogP contribution >= 0.6 is 0 Å². The quantitative estimate of drug-likeness (QED) is 0.489. The Hall–Kier alpha value is -0.0800. The molecule has 0 aromatic carbocycles. The fourth-order valence-corrected chi connectivity index (χ4v) is 0.794. The van der Waals surface area contributed by atoms with Gasteiger partial charge in [-0.2, -0.15) is 0 Å². The maximum atomic E-state index is 3.07. The van der Waals surface area contributed by atoms with Crippen LogP contribution in [0.4, 0.5) is 0 Å². The molecule has 2 nitrogen and oxygen atoms in total. The molecule has 2 heteroatoms. The van der Waals surface area contributed by atoms with Crippen molar-refractivity contribution < 1.29 is 0 Å². The third-order valence-corrected chi connectivity index (χ3v) is 1.48. The summed E-state index contributed by atoms with van der Waals surface area (Å²) in [6.07, 6.45) is 1.29. The van der Waals surface area contributed by atoms with Crippen molar-refractivity contribution in [1.29, 1.82) is 0 Å². The van der Waals surface area contributed by atoms with E-state index in [-0.39, 0.29) is 0 Å². The fourth-order valence-electron chi connectivity index (χ4n) is 0.794. The van der Waals surface area contributed by atoms with Crippen molar-refractivity contribution in [3.8, 4) is 0 Å². The first-order valence-electron chi connectivity index (χ1n) is 2.89. The van der Waals surface area contributed by atoms with Gasteiger partial charge in [0.2, 0.25) is 0 Å². The first-order chi connectivity index (χ1) is 3.43. The van der Waals surface area contributed by atoms with Gasteiger partial charge in [0, 0.05) is 13.1 Å². The van der Waals surface area contributed by atoms with Crippen molar-refractivity contribution in [2.24, 2.45) is 5.92 Å². The van der Waals surface area contributed by atoms with Crippen LogP contribution in [0.25, 0.3) is 0 Å². The molecule has 0 saturated carbocycles. The Kier molecular flexibility index (Phi) is 1.65. The predicted molar refractivity (Wildman–Crippen MR) is 29.8 cm³/mol. The summed E-state index contributed by atoms with van der Waals surface area (Å²) in [4.78, 5) is 0. The molecule has 1 saturated heterocycles. The van der Waals surface area contributed by atoms with Gasteiger partial charge in [0.15, 0.2) is 0 Å². The summed E-state index contributed by atoms with van der Waals surface area (Å²) in [6, 6.07) is 0. The van der Waals surface area contributed by atoms with Crippen molar-refractivity contribution in [2.45, 2.75) is 13.3 Å². The van der Waals surface area contributed by atoms with Crippen LogP contribution in [-0.4, -0.2) is 13.1 Å². The lowest BCUT2D eigenvalue weighted by Gasteiger charge is -1.97. The van der Waals surface area contributed by atoms with Gasteiger partial charge in [-0.25, -0.2) is 0 Å². The number of hydrazine groups is 1. The summed E-state index contributed by atoms with van der Waals surface area (Å²) < 4.78 is 0. The van der Waals surface area contributed by atoms with Crippen molar-refractivity contribution in [2.75, 3.05) is 13.1 Å². The Morgan fingerprint density at radius 3 is 2.29 bits per heavy atom. The maximum absolute atomic E-state index is 3.07. The van der Waals surface area contributed by atoms with E-state index in [2.05, 4.69) is 17.8 Å². The summed E-state index contributed by atoms with van der Waals surface area (Å²) in [5.74, 6) is 0.875. The second kappa shape index (κ2) is 2.28. The SMILES string of the molecule is CCC1CNNC1. The molecule has 7 heavy (non-hydrogen) atoms. The lowest BCUT2D eigenvalue weighted by atomic mass is 10.1. The Bertz CT molecular complexity index is 48.0. The number of rotatable bonds is 1. The zero-order chi connectivity index (χ0) is 5.11. The monoisotopic (exact) mass is 100 g/mol. The summed E-state index contributed by atoms with van der Waals surface area (Å²) >= 11 is 0. The van der Waals surface area contributed by atoms with E-state index >= 15 is 0 Å². The highest BCUT2D eigenvalue weighted by atomic mass is 15.4. The smallest absolute Gasteiger partial charge is 0.0141 e. The number of hydrogen-bond donors (Lipinski definition) is 2. The molecule has 0 aliphatic carbocycles. The molecule has 0 atom stereocenters. The highest BCUT2D eigenvalue weighted by Gasteiger charge is 2.09. The van der Waals surface area contributed by atoms with Gasteiger partial charge in [-0.1, -0.05) is 13.3 Å². The lowest BCUT2D eigenvalue weighted by Crippen LogP contribution is -2.21. The second-order valence-corrected chi connectivity index (χ2v) is 2.04. The Morgan fingerprint density at radius 1 is 1.43 bits per heavy atom. The maximum Gasteiger partial charge on any atom is 0.0141 e. The third kappa shape index (κ3) is 1.14. The zero-order valence-corrected chi connectivity index (χ0v) is 4.70. The summed E-state index contributed by atoms with van der Waals surface area (Å²) in [6.45, 7) is 4.52. The van der Waals surface area contributed by atoms with Gasteiger partial charge in [0.1, 0.15) is 0 Å². The molecule has 0 aromatic rings. The molecular weight excluding hydrogens is 88.1 g/mol. The van der Waals surface area contributed by atoms with Crippen molar-refractivity contribution >= 4 is 0 Å². The van der Waals surface area contributed by atoms with Crippen LogP contribution in [-0.2, 0) is 0 Å². The molecule has 1 aliphatic rings. The first-order valence-corrected chi connectivity index (χ1v) is 2.89. The minimum absolute atomic E-state index is 0.875. The molecule has 0 aromatic heterocycles. The topological polar surface area (TPSA) is 24.1 Å². The first kappa shape index (κ1) is 5.06. The standard InChI is InChI=1S/C5H12N2/c1-2-5-3-6-7-4-5/h5-7H,2-4H2,1H3. The molecule has 1 aliphatic heterocycles. The van der Waals surface area contributed by atoms with Crippen LogP contribution in [0.5, 0.6) is 0 Å². The summed E-state index contributed by atoms with van der Waals surface area (Å²) in [5, 5.41) is 0. The normalized spacial score (nSPS) is 23.6. The van der Waals surface area contributed by atoms with Crippen LogP contribution in [0.15, 0.2) is 0 Å². The Morgan fingerprint density at radius 2 is 2.00 bits per heavy atom. The average Bonchev–Trinajstić information content (AvgIpc) is 2.14. The lowest BCUT2D eigenvalue weighted by molar-refractivity contribution is 0.590. The molecule has 0 unspecified atom stereocenters. The van der Waals surface area contributed by atoms with Gasteiger partial charge in [0.05, 0.1) is 0 Å². The van der Waals surface area contributed by atoms with Crippen LogP contribution in [0, 0.1) is 5.92 Å². The van der Waals surface area contributed by atoms with E-state index in [0.29, 0.717) is 0 Å². The average molecular weight is 100 g/mol. The van der Waals surface area contributed by atoms with E-state index in [1.807, 2.05) is 0 Å². The van der Waals surface area contributed by atoms with E-state index in [4.69, 9.17) is 0 Å². The molecule has 2 N–H and O–H groups in total. The summed E-state index contributed by atoms with van der Waals surface area (Å²) in [5.41, 5.74) is 6.15. The third-order valence-electron chi connectivity index (χ3n) is 1.48. The van der Waals surface area contributed by atoms with Crippen LogP contribution in [0.2, 0.25) is 0 Å². The largest absolute Gasteiger partial charge is 0.258 e. The van der Waals surface area contributed by atoms with Gasteiger partial charge >= 0.3 is 0 Å². The number of nitrogens with one attached hydrogen (secondary N) is 2. The fraction of sp³-hybridized carbons (Fsp3) is 1.00. The van der Waals surface area contributed by atoms with Gasteiger partial charge in [0.25, 0.3) is 0 Å². The van der Waals surface area contributed by atoms with Gasteiger partial charge in [-0.15, -0.1) is 0 Å². The highest BCUT2D eigenvalue weighted by molar-refractivity contribution is 4.66. The molecule has 0 spiro atoms. The highest BCUT2D eigenvalue weighted by Crippen LogP contribution is 2.00. The molecule has 1 rings (SSSR count). The van der Waals surface area contributed by atoms with Crippen LogP contribution in [0.1, 0.15) is 13.3 Å². The van der Waals surface area contributed by atoms with Gasteiger partial charge < -0.3 is 0 Å². The Labute approximate surface area is 44.3 Å². The van der Waals surface area contributed by atoms with Gasteiger partial charge in [-0.3, -0.25) is 10.9 Å². The van der Waals surface area contributed by atoms with E-state index in [0.717, 1.165) is 19.0 Å². The van der Waals surface area contributed by atoms with E-state index < -0.39 is 0 Å². The van der Waals surface area contributed by atoms with Crippen LogP contribution < -0.4 is 10.9 Å². The second-order valence-electron chi connectivity index (χ2n) is 2.04. The van der Waals surface area contributed by atoms with Crippen molar-refractivity contribution in [1.82, 2.24) is 10.9 Å².